The smallest absolute Gasteiger partial charge is 0.416 e. The lowest BCUT2D eigenvalue weighted by atomic mass is 10.1. The molecule has 3 aromatic rings. The first-order chi connectivity index (χ1) is 16.3. The molecule has 0 saturated carbocycles. The fourth-order valence-corrected chi connectivity index (χ4v) is 2.92. The lowest BCUT2D eigenvalue weighted by Crippen LogP contribution is -2.15. The molecule has 178 valence electrons. The number of carbonyl (C=O) groups excluding carboxylic acids is 2. The summed E-state index contributed by atoms with van der Waals surface area (Å²) in [7, 11) is 0. The van der Waals surface area contributed by atoms with Gasteiger partial charge in [0.1, 0.15) is 13.2 Å². The summed E-state index contributed by atoms with van der Waals surface area (Å²) in [6.07, 6.45) is -4.48. The van der Waals surface area contributed by atoms with Crippen molar-refractivity contribution < 1.29 is 37.0 Å². The van der Waals surface area contributed by atoms with Gasteiger partial charge in [-0.3, -0.25) is 0 Å². The van der Waals surface area contributed by atoms with Crippen LogP contribution in [0.1, 0.15) is 26.3 Å². The summed E-state index contributed by atoms with van der Waals surface area (Å²) in [6, 6.07) is 19.5. The van der Waals surface area contributed by atoms with Gasteiger partial charge >= 0.3 is 18.1 Å². The van der Waals surface area contributed by atoms with Crippen molar-refractivity contribution in [3.8, 4) is 0 Å². The summed E-state index contributed by atoms with van der Waals surface area (Å²) in [5.41, 5.74) is 0.290. The van der Waals surface area contributed by atoms with Gasteiger partial charge in [0.2, 0.25) is 0 Å². The van der Waals surface area contributed by atoms with E-state index >= 15 is 0 Å². The molecule has 0 aliphatic rings. The first kappa shape index (κ1) is 24.8. The molecule has 0 amide bonds. The van der Waals surface area contributed by atoms with E-state index in [0.29, 0.717) is 11.3 Å². The van der Waals surface area contributed by atoms with E-state index in [4.69, 9.17) is 14.2 Å². The molecule has 34 heavy (non-hydrogen) atoms. The summed E-state index contributed by atoms with van der Waals surface area (Å²) >= 11 is 0. The highest BCUT2D eigenvalue weighted by Crippen LogP contribution is 2.32. The van der Waals surface area contributed by atoms with E-state index in [1.54, 1.807) is 48.5 Å². The second-order valence-electron chi connectivity index (χ2n) is 7.00. The molecular formula is C25H22F3NO5. The number of hydrogen-bond donors (Lipinski definition) is 1. The van der Waals surface area contributed by atoms with E-state index in [2.05, 4.69) is 5.32 Å². The Morgan fingerprint density at radius 1 is 0.735 bits per heavy atom. The summed E-state index contributed by atoms with van der Waals surface area (Å²) in [5.74, 6) is -1.12. The Kier molecular flexibility index (Phi) is 8.64. The molecule has 0 saturated heterocycles. The van der Waals surface area contributed by atoms with Gasteiger partial charge in [0.25, 0.3) is 0 Å². The Balaban J connectivity index is 1.44. The van der Waals surface area contributed by atoms with Crippen molar-refractivity contribution >= 4 is 23.3 Å². The molecule has 0 fully saturated rings. The zero-order valence-electron chi connectivity index (χ0n) is 18.0. The Morgan fingerprint density at radius 2 is 1.38 bits per heavy atom. The first-order valence-corrected chi connectivity index (χ1v) is 10.3. The van der Waals surface area contributed by atoms with Crippen molar-refractivity contribution in [3.63, 3.8) is 0 Å². The number of rotatable bonds is 10. The summed E-state index contributed by atoms with van der Waals surface area (Å²) in [6.45, 7) is 0.205. The van der Waals surface area contributed by atoms with Crippen LogP contribution in [0.25, 0.3) is 0 Å². The normalized spacial score (nSPS) is 11.0. The van der Waals surface area contributed by atoms with E-state index < -0.39 is 23.7 Å². The van der Waals surface area contributed by atoms with E-state index in [-0.39, 0.29) is 37.7 Å². The van der Waals surface area contributed by atoms with Crippen molar-refractivity contribution in [2.75, 3.05) is 31.7 Å². The van der Waals surface area contributed by atoms with E-state index in [9.17, 15) is 22.8 Å². The van der Waals surface area contributed by atoms with E-state index in [1.807, 2.05) is 0 Å². The van der Waals surface area contributed by atoms with Crippen LogP contribution in [-0.2, 0) is 20.4 Å². The molecule has 0 atom stereocenters. The summed E-state index contributed by atoms with van der Waals surface area (Å²) in [5, 5.41) is 2.83. The van der Waals surface area contributed by atoms with Gasteiger partial charge in [-0.05, 0) is 42.5 Å². The van der Waals surface area contributed by atoms with Crippen LogP contribution in [0, 0.1) is 0 Å². The molecular weight excluding hydrogens is 451 g/mol. The van der Waals surface area contributed by atoms with Crippen molar-refractivity contribution in [1.29, 1.82) is 0 Å². The third-order valence-corrected chi connectivity index (χ3v) is 4.55. The highest BCUT2D eigenvalue weighted by molar-refractivity contribution is 5.96. The number of nitrogens with one attached hydrogen (secondary N) is 1. The van der Waals surface area contributed by atoms with Gasteiger partial charge in [0.15, 0.2) is 0 Å². The molecule has 3 rings (SSSR count). The largest absolute Gasteiger partial charge is 0.460 e. The number of anilines is 2. The monoisotopic (exact) mass is 473 g/mol. The molecule has 0 spiro atoms. The quantitative estimate of drug-likeness (QED) is 0.311. The Hall–Kier alpha value is -3.85. The van der Waals surface area contributed by atoms with Gasteiger partial charge in [0, 0.05) is 5.69 Å². The molecule has 3 aromatic carbocycles. The fraction of sp³-hybridized carbons (Fsp3) is 0.200. The average Bonchev–Trinajstić information content (AvgIpc) is 2.83. The van der Waals surface area contributed by atoms with Crippen LogP contribution in [0.15, 0.2) is 78.9 Å². The van der Waals surface area contributed by atoms with Crippen LogP contribution in [0.3, 0.4) is 0 Å². The lowest BCUT2D eigenvalue weighted by molar-refractivity contribution is -0.137. The van der Waals surface area contributed by atoms with Crippen LogP contribution >= 0.6 is 0 Å². The van der Waals surface area contributed by atoms with Crippen molar-refractivity contribution in [2.45, 2.75) is 6.18 Å². The predicted octanol–water partition coefficient (Wildman–Crippen LogP) is 5.48. The summed E-state index contributed by atoms with van der Waals surface area (Å²) < 4.78 is 54.4. The van der Waals surface area contributed by atoms with Crippen LogP contribution in [0.5, 0.6) is 0 Å². The zero-order valence-corrected chi connectivity index (χ0v) is 18.0. The van der Waals surface area contributed by atoms with Crippen LogP contribution < -0.4 is 5.32 Å². The minimum Gasteiger partial charge on any atom is -0.460 e. The molecule has 6 nitrogen and oxygen atoms in total. The number of halogens is 3. The molecule has 0 radical (unpaired) electrons. The molecule has 0 bridgehead atoms. The SMILES string of the molecule is O=C(OCCOCCOC(=O)c1ccccc1Nc1cccc(C(F)(F)F)c1)c1ccccc1. The Bertz CT molecular complexity index is 1100. The Morgan fingerprint density at radius 3 is 2.09 bits per heavy atom. The lowest BCUT2D eigenvalue weighted by Gasteiger charge is -2.13. The van der Waals surface area contributed by atoms with Crippen LogP contribution in [-0.4, -0.2) is 38.4 Å². The topological polar surface area (TPSA) is 73.9 Å². The van der Waals surface area contributed by atoms with Crippen LogP contribution in [0.2, 0.25) is 0 Å². The molecule has 0 aromatic heterocycles. The highest BCUT2D eigenvalue weighted by Gasteiger charge is 2.30. The predicted molar refractivity (Wildman–Crippen MR) is 119 cm³/mol. The first-order valence-electron chi connectivity index (χ1n) is 10.3. The third kappa shape index (κ3) is 7.35. The average molecular weight is 473 g/mol. The van der Waals surface area contributed by atoms with E-state index in [1.165, 1.54) is 18.2 Å². The minimum absolute atomic E-state index is 0.0470. The number of alkyl halides is 3. The molecule has 0 aliphatic carbocycles. The maximum atomic E-state index is 12.9. The van der Waals surface area contributed by atoms with Crippen molar-refractivity contribution in [1.82, 2.24) is 0 Å². The Labute approximate surface area is 194 Å². The minimum atomic E-state index is -4.48. The maximum absolute atomic E-state index is 12.9. The molecule has 1 N–H and O–H groups in total. The third-order valence-electron chi connectivity index (χ3n) is 4.55. The summed E-state index contributed by atoms with van der Waals surface area (Å²) in [4.78, 5) is 24.3. The molecule has 0 heterocycles. The molecule has 9 heteroatoms. The second kappa shape index (κ2) is 11.9. The number of benzene rings is 3. The van der Waals surface area contributed by atoms with E-state index in [0.717, 1.165) is 12.1 Å². The standard InChI is InChI=1S/C25H22F3NO5/c26-25(27,28)19-9-6-10-20(17-19)29-22-12-5-4-11-21(22)24(31)34-16-14-32-13-15-33-23(30)18-7-2-1-3-8-18/h1-12,17,29H,13-16H2. The van der Waals surface area contributed by atoms with Gasteiger partial charge in [-0.15, -0.1) is 0 Å². The number of carbonyl (C=O) groups is 2. The molecule has 0 unspecified atom stereocenters. The second-order valence-corrected chi connectivity index (χ2v) is 7.00. The van der Waals surface area contributed by atoms with Gasteiger partial charge in [-0.1, -0.05) is 36.4 Å². The van der Waals surface area contributed by atoms with Crippen molar-refractivity contribution in [2.24, 2.45) is 0 Å². The maximum Gasteiger partial charge on any atom is 0.416 e. The van der Waals surface area contributed by atoms with Gasteiger partial charge in [-0.2, -0.15) is 13.2 Å². The molecule has 0 aliphatic heterocycles. The zero-order chi connectivity index (χ0) is 24.4. The number of hydrogen-bond acceptors (Lipinski definition) is 6. The number of para-hydroxylation sites is 1. The van der Waals surface area contributed by atoms with Gasteiger partial charge in [-0.25, -0.2) is 9.59 Å². The van der Waals surface area contributed by atoms with Crippen LogP contribution in [0.4, 0.5) is 24.5 Å². The van der Waals surface area contributed by atoms with Crippen molar-refractivity contribution in [3.05, 3.63) is 95.6 Å². The fourth-order valence-electron chi connectivity index (χ4n) is 2.92. The number of ether oxygens (including phenoxy) is 3. The highest BCUT2D eigenvalue weighted by atomic mass is 19.4. The van der Waals surface area contributed by atoms with Gasteiger partial charge < -0.3 is 19.5 Å². The van der Waals surface area contributed by atoms with Gasteiger partial charge in [0.05, 0.1) is 35.6 Å². The number of esters is 2.